The lowest BCUT2D eigenvalue weighted by Gasteiger charge is -2.28. The van der Waals surface area contributed by atoms with Crippen molar-refractivity contribution in [3.05, 3.63) is 6.92 Å². The van der Waals surface area contributed by atoms with E-state index in [-0.39, 0.29) is 0 Å². The fourth-order valence-electron chi connectivity index (χ4n) is 1.98. The van der Waals surface area contributed by atoms with Crippen LogP contribution in [-0.2, 0) is 0 Å². The minimum absolute atomic E-state index is 0.393. The second kappa shape index (κ2) is 8.32. The molecule has 0 aromatic heterocycles. The lowest BCUT2D eigenvalue weighted by Crippen LogP contribution is -2.15. The molecule has 0 aliphatic rings. The van der Waals surface area contributed by atoms with Crippen molar-refractivity contribution in [1.29, 1.82) is 0 Å². The van der Waals surface area contributed by atoms with Gasteiger partial charge in [0.25, 0.3) is 0 Å². The molecule has 0 nitrogen and oxygen atoms in total. The zero-order valence-electron chi connectivity index (χ0n) is 10.6. The highest BCUT2D eigenvalue weighted by atomic mass is 14.3. The summed E-state index contributed by atoms with van der Waals surface area (Å²) in [6.45, 7) is 11.3. The third kappa shape index (κ3) is 6.45. The Kier molecular flexibility index (Phi) is 8.32. The van der Waals surface area contributed by atoms with Crippen molar-refractivity contribution in [3.63, 3.8) is 0 Å². The van der Waals surface area contributed by atoms with Crippen molar-refractivity contribution >= 4 is 0 Å². The summed E-state index contributed by atoms with van der Waals surface area (Å²) in [6.07, 6.45) is 12.1. The molecule has 14 heavy (non-hydrogen) atoms. The normalized spacial score (nSPS) is 12.0. The van der Waals surface area contributed by atoms with Gasteiger partial charge in [0.15, 0.2) is 0 Å². The molecule has 0 N–H and O–H groups in total. The minimum Gasteiger partial charge on any atom is -0.0654 e. The van der Waals surface area contributed by atoms with Gasteiger partial charge in [0.1, 0.15) is 0 Å². The minimum atomic E-state index is 0.393. The van der Waals surface area contributed by atoms with Crippen molar-refractivity contribution in [2.45, 2.75) is 78.6 Å². The summed E-state index contributed by atoms with van der Waals surface area (Å²) in [5, 5.41) is 0. The highest BCUT2D eigenvalue weighted by Crippen LogP contribution is 2.33. The zero-order chi connectivity index (χ0) is 10.9. The Morgan fingerprint density at radius 1 is 0.786 bits per heavy atom. The maximum absolute atomic E-state index is 4.43. The van der Waals surface area contributed by atoms with E-state index in [4.69, 9.17) is 0 Å². The van der Waals surface area contributed by atoms with Crippen LogP contribution in [0.25, 0.3) is 0 Å². The Morgan fingerprint density at radius 3 is 1.50 bits per heavy atom. The first-order chi connectivity index (χ1) is 6.68. The molecule has 0 aliphatic heterocycles. The summed E-state index contributed by atoms with van der Waals surface area (Å²) in [6, 6.07) is 0. The van der Waals surface area contributed by atoms with Crippen LogP contribution in [-0.4, -0.2) is 0 Å². The predicted octanol–water partition coefficient (Wildman–Crippen LogP) is 5.38. The Balaban J connectivity index is 3.67. The van der Waals surface area contributed by atoms with Crippen LogP contribution < -0.4 is 0 Å². The van der Waals surface area contributed by atoms with Crippen molar-refractivity contribution in [2.75, 3.05) is 0 Å². The lowest BCUT2D eigenvalue weighted by atomic mass is 9.78. The van der Waals surface area contributed by atoms with Crippen LogP contribution in [0.15, 0.2) is 0 Å². The summed E-state index contributed by atoms with van der Waals surface area (Å²) in [5.41, 5.74) is 0.393. The molecule has 0 saturated heterocycles. The monoisotopic (exact) mass is 197 g/mol. The summed E-state index contributed by atoms with van der Waals surface area (Å²) < 4.78 is 0. The third-order valence-corrected chi connectivity index (χ3v) is 3.37. The molecule has 1 radical (unpaired) electrons. The van der Waals surface area contributed by atoms with Gasteiger partial charge in [-0.15, -0.1) is 0 Å². The van der Waals surface area contributed by atoms with Gasteiger partial charge in [0.05, 0.1) is 0 Å². The molecule has 85 valence electrons. The largest absolute Gasteiger partial charge is 0.0654 e. The van der Waals surface area contributed by atoms with Crippen molar-refractivity contribution < 1.29 is 0 Å². The van der Waals surface area contributed by atoms with Crippen LogP contribution in [0.2, 0.25) is 0 Å². The maximum Gasteiger partial charge on any atom is -0.0300 e. The van der Waals surface area contributed by atoms with Gasteiger partial charge >= 0.3 is 0 Å². The van der Waals surface area contributed by atoms with Crippen molar-refractivity contribution in [3.8, 4) is 0 Å². The summed E-state index contributed by atoms with van der Waals surface area (Å²) in [7, 11) is 0. The molecule has 0 rings (SSSR count). The molecule has 0 amide bonds. The van der Waals surface area contributed by atoms with E-state index in [0.717, 1.165) is 0 Å². The van der Waals surface area contributed by atoms with E-state index in [2.05, 4.69) is 27.7 Å². The summed E-state index contributed by atoms with van der Waals surface area (Å²) in [5.74, 6) is 0. The average Bonchev–Trinajstić information content (AvgIpc) is 2.19. The van der Waals surface area contributed by atoms with Gasteiger partial charge in [0, 0.05) is 0 Å². The lowest BCUT2D eigenvalue weighted by molar-refractivity contribution is 0.284. The number of rotatable bonds is 9. The molecule has 0 atom stereocenters. The van der Waals surface area contributed by atoms with Gasteiger partial charge in [-0.3, -0.25) is 0 Å². The van der Waals surface area contributed by atoms with Gasteiger partial charge in [-0.2, -0.15) is 0 Å². The van der Waals surface area contributed by atoms with Gasteiger partial charge in [-0.25, -0.2) is 0 Å². The maximum atomic E-state index is 4.43. The first kappa shape index (κ1) is 14.0. The fourth-order valence-corrected chi connectivity index (χ4v) is 1.98. The van der Waals surface area contributed by atoms with Gasteiger partial charge in [0.2, 0.25) is 0 Å². The van der Waals surface area contributed by atoms with Gasteiger partial charge in [-0.05, 0) is 25.2 Å². The molecule has 0 aliphatic carbocycles. The standard InChI is InChI=1S/C14H29/c1-5-8-10-12-14(4,7-3)13-11-9-6-2/h4-13H2,1-3H3. The topological polar surface area (TPSA) is 0 Å². The van der Waals surface area contributed by atoms with E-state index in [9.17, 15) is 0 Å². The highest BCUT2D eigenvalue weighted by molar-refractivity contribution is 4.80. The van der Waals surface area contributed by atoms with E-state index >= 15 is 0 Å². The van der Waals surface area contributed by atoms with Crippen molar-refractivity contribution in [2.24, 2.45) is 5.41 Å². The van der Waals surface area contributed by atoms with E-state index in [1.54, 1.807) is 0 Å². The number of hydrogen-bond acceptors (Lipinski definition) is 0. The Morgan fingerprint density at radius 2 is 1.21 bits per heavy atom. The van der Waals surface area contributed by atoms with E-state index < -0.39 is 0 Å². The van der Waals surface area contributed by atoms with Crippen LogP contribution in [0, 0.1) is 12.3 Å². The highest BCUT2D eigenvalue weighted by Gasteiger charge is 2.20. The van der Waals surface area contributed by atoms with E-state index in [1.165, 1.54) is 57.8 Å². The number of unbranched alkanes of at least 4 members (excludes halogenated alkanes) is 4. The van der Waals surface area contributed by atoms with Gasteiger partial charge < -0.3 is 0 Å². The van der Waals surface area contributed by atoms with Crippen LogP contribution >= 0.6 is 0 Å². The molecule has 0 heterocycles. The van der Waals surface area contributed by atoms with E-state index in [0.29, 0.717) is 5.41 Å². The Bertz CT molecular complexity index is 105. The molecular formula is C14H29. The third-order valence-electron chi connectivity index (χ3n) is 3.37. The smallest absolute Gasteiger partial charge is 0.0300 e. The van der Waals surface area contributed by atoms with Gasteiger partial charge in [-0.1, -0.05) is 65.7 Å². The summed E-state index contributed by atoms with van der Waals surface area (Å²) in [4.78, 5) is 0. The second-order valence-electron chi connectivity index (χ2n) is 4.77. The molecule has 0 bridgehead atoms. The molecule has 0 fully saturated rings. The molecule has 0 spiro atoms. The Labute approximate surface area is 91.5 Å². The molecule has 0 unspecified atom stereocenters. The van der Waals surface area contributed by atoms with Crippen LogP contribution in [0.4, 0.5) is 0 Å². The molecular weight excluding hydrogens is 168 g/mol. The van der Waals surface area contributed by atoms with Crippen molar-refractivity contribution in [1.82, 2.24) is 0 Å². The first-order valence-electron chi connectivity index (χ1n) is 6.54. The molecule has 0 aromatic carbocycles. The summed E-state index contributed by atoms with van der Waals surface area (Å²) >= 11 is 0. The Hall–Kier alpha value is 0. The molecule has 0 saturated carbocycles. The fraction of sp³-hybridized carbons (Fsp3) is 0.929. The predicted molar refractivity (Wildman–Crippen MR) is 66.4 cm³/mol. The number of hydrogen-bond donors (Lipinski definition) is 0. The molecule has 0 heteroatoms. The van der Waals surface area contributed by atoms with Crippen LogP contribution in [0.3, 0.4) is 0 Å². The first-order valence-corrected chi connectivity index (χ1v) is 6.54. The zero-order valence-corrected chi connectivity index (χ0v) is 10.6. The van der Waals surface area contributed by atoms with Crippen LogP contribution in [0.1, 0.15) is 78.6 Å². The average molecular weight is 197 g/mol. The second-order valence-corrected chi connectivity index (χ2v) is 4.77. The van der Waals surface area contributed by atoms with Crippen LogP contribution in [0.5, 0.6) is 0 Å². The quantitative estimate of drug-likeness (QED) is 0.435. The van der Waals surface area contributed by atoms with E-state index in [1.807, 2.05) is 0 Å². The SMILES string of the molecule is [CH2]C(CC)(CCCCC)CCCCC. The molecule has 0 aromatic rings.